The average Bonchev–Trinajstić information content (AvgIpc) is 2.74. The lowest BCUT2D eigenvalue weighted by molar-refractivity contribution is -0.908. The molecule has 0 atom stereocenters. The van der Waals surface area contributed by atoms with Gasteiger partial charge in [0.25, 0.3) is 0 Å². The molecule has 0 bridgehead atoms. The third-order valence-electron chi connectivity index (χ3n) is 4.19. The van der Waals surface area contributed by atoms with Crippen molar-refractivity contribution in [2.24, 2.45) is 7.05 Å². The molecule has 1 aliphatic rings. The lowest BCUT2D eigenvalue weighted by Crippen LogP contribution is -3.00. The van der Waals surface area contributed by atoms with Gasteiger partial charge < -0.3 is 26.0 Å². The predicted octanol–water partition coefficient (Wildman–Crippen LogP) is -2.20. The highest BCUT2D eigenvalue weighted by atomic mass is 35.5. The molecule has 0 saturated carbocycles. The summed E-state index contributed by atoms with van der Waals surface area (Å²) >= 11 is 0. The summed E-state index contributed by atoms with van der Waals surface area (Å²) in [5.41, 5.74) is 1.74. The second-order valence-corrected chi connectivity index (χ2v) is 5.87. The van der Waals surface area contributed by atoms with Gasteiger partial charge in [-0.2, -0.15) is 0 Å². The summed E-state index contributed by atoms with van der Waals surface area (Å²) in [6.07, 6.45) is 0. The van der Waals surface area contributed by atoms with E-state index in [9.17, 15) is 9.59 Å². The number of quaternary nitrogens is 1. The molecule has 1 saturated heterocycles. The van der Waals surface area contributed by atoms with E-state index in [0.717, 1.165) is 13.1 Å². The molecule has 0 radical (unpaired) electrons. The molecule has 120 valence electrons. The van der Waals surface area contributed by atoms with Crippen molar-refractivity contribution in [1.29, 1.82) is 0 Å². The van der Waals surface area contributed by atoms with Crippen LogP contribution in [0.5, 0.6) is 0 Å². The molecule has 7 heteroatoms. The van der Waals surface area contributed by atoms with Crippen LogP contribution in [-0.2, 0) is 11.8 Å². The number of morpholine rings is 1. The lowest BCUT2D eigenvalue weighted by Gasteiger charge is -2.36. The van der Waals surface area contributed by atoms with Gasteiger partial charge in [0.2, 0.25) is 5.78 Å². The number of ether oxygens (including phenoxy) is 1. The van der Waals surface area contributed by atoms with Crippen LogP contribution in [0.25, 0.3) is 11.1 Å². The second kappa shape index (κ2) is 6.24. The SMILES string of the molecule is Cn1c(=O)oc2cc(C(=O)C[N+]3(C)CCOCC3)ccc21.[Cl-]. The summed E-state index contributed by atoms with van der Waals surface area (Å²) in [6.45, 7) is 3.50. The minimum atomic E-state index is -0.415. The lowest BCUT2D eigenvalue weighted by atomic mass is 10.1. The first-order chi connectivity index (χ1) is 9.98. The maximum atomic E-state index is 12.5. The number of Topliss-reactive ketones (excluding diaryl/α,β-unsaturated/α-hetero) is 1. The molecule has 0 aliphatic carbocycles. The molecule has 0 N–H and O–H groups in total. The first-order valence-electron chi connectivity index (χ1n) is 7.03. The zero-order valence-electron chi connectivity index (χ0n) is 12.7. The Labute approximate surface area is 134 Å². The Morgan fingerprint density at radius 2 is 2.00 bits per heavy atom. The summed E-state index contributed by atoms with van der Waals surface area (Å²) in [5.74, 6) is -0.352. The van der Waals surface area contributed by atoms with Gasteiger partial charge in [0, 0.05) is 12.6 Å². The van der Waals surface area contributed by atoms with Crippen molar-refractivity contribution in [1.82, 2.24) is 4.57 Å². The molecule has 3 rings (SSSR count). The number of ketones is 1. The Morgan fingerprint density at radius 1 is 1.32 bits per heavy atom. The number of carbonyl (C=O) groups excluding carboxylic acids is 1. The van der Waals surface area contributed by atoms with Gasteiger partial charge in [0.1, 0.15) is 19.6 Å². The van der Waals surface area contributed by atoms with E-state index in [4.69, 9.17) is 9.15 Å². The third kappa shape index (κ3) is 3.09. The van der Waals surface area contributed by atoms with Crippen LogP contribution < -0.4 is 18.2 Å². The minimum Gasteiger partial charge on any atom is -1.00 e. The molecule has 1 fully saturated rings. The highest BCUT2D eigenvalue weighted by Gasteiger charge is 2.28. The number of benzene rings is 1. The van der Waals surface area contributed by atoms with Crippen LogP contribution in [0.3, 0.4) is 0 Å². The Morgan fingerprint density at radius 3 is 2.68 bits per heavy atom. The van der Waals surface area contributed by atoms with Gasteiger partial charge in [-0.15, -0.1) is 0 Å². The maximum Gasteiger partial charge on any atom is 0.419 e. The van der Waals surface area contributed by atoms with Crippen LogP contribution in [-0.4, -0.2) is 54.7 Å². The summed E-state index contributed by atoms with van der Waals surface area (Å²) in [7, 11) is 3.72. The zero-order chi connectivity index (χ0) is 15.0. The molecule has 1 aromatic heterocycles. The molecule has 0 spiro atoms. The predicted molar refractivity (Wildman–Crippen MR) is 77.4 cm³/mol. The van der Waals surface area contributed by atoms with E-state index in [1.807, 2.05) is 0 Å². The molecule has 0 unspecified atom stereocenters. The standard InChI is InChI=1S/C15H19N2O4.ClH/c1-16-12-4-3-11(9-14(12)21-15(16)19)13(18)10-17(2)5-7-20-8-6-17;/h3-4,9H,5-8,10H2,1-2H3;1H/q+1;/p-1. The number of oxazole rings is 1. The number of hydrogen-bond acceptors (Lipinski definition) is 4. The summed E-state index contributed by atoms with van der Waals surface area (Å²) < 4.78 is 12.6. The average molecular weight is 327 g/mol. The topological polar surface area (TPSA) is 61.4 Å². The number of fused-ring (bicyclic) bond motifs is 1. The number of aryl methyl sites for hydroxylation is 1. The van der Waals surface area contributed by atoms with Gasteiger partial charge in [-0.3, -0.25) is 9.36 Å². The van der Waals surface area contributed by atoms with Crippen molar-refractivity contribution in [3.63, 3.8) is 0 Å². The maximum absolute atomic E-state index is 12.5. The van der Waals surface area contributed by atoms with Gasteiger partial charge in [0.15, 0.2) is 5.58 Å². The van der Waals surface area contributed by atoms with Crippen molar-refractivity contribution >= 4 is 16.9 Å². The van der Waals surface area contributed by atoms with E-state index in [1.165, 1.54) is 4.57 Å². The first kappa shape index (κ1) is 16.7. The number of halogens is 1. The van der Waals surface area contributed by atoms with E-state index >= 15 is 0 Å². The Bertz CT molecular complexity index is 744. The smallest absolute Gasteiger partial charge is 0.419 e. The molecule has 0 amide bonds. The molecular formula is C15H19ClN2O4. The van der Waals surface area contributed by atoms with Crippen LogP contribution in [0, 0.1) is 0 Å². The van der Waals surface area contributed by atoms with Crippen molar-refractivity contribution in [3.8, 4) is 0 Å². The molecule has 1 aliphatic heterocycles. The monoisotopic (exact) mass is 326 g/mol. The number of likely N-dealkylation sites (N-methyl/N-ethyl adjacent to an activating group) is 1. The van der Waals surface area contributed by atoms with E-state index in [-0.39, 0.29) is 18.2 Å². The Kier molecular flexibility index (Phi) is 4.75. The van der Waals surface area contributed by atoms with E-state index in [0.29, 0.717) is 40.9 Å². The van der Waals surface area contributed by atoms with E-state index < -0.39 is 5.76 Å². The van der Waals surface area contributed by atoms with Gasteiger partial charge in [-0.1, -0.05) is 0 Å². The Balaban J connectivity index is 0.00000176. The van der Waals surface area contributed by atoms with Gasteiger partial charge in [-0.05, 0) is 18.2 Å². The molecule has 1 aromatic carbocycles. The largest absolute Gasteiger partial charge is 1.00 e. The fourth-order valence-electron chi connectivity index (χ4n) is 2.69. The van der Waals surface area contributed by atoms with E-state index in [2.05, 4.69) is 7.05 Å². The number of hydrogen-bond donors (Lipinski definition) is 0. The molecule has 2 heterocycles. The van der Waals surface area contributed by atoms with E-state index in [1.54, 1.807) is 25.2 Å². The summed E-state index contributed by atoms with van der Waals surface area (Å²) in [6, 6.07) is 5.17. The minimum absolute atomic E-state index is 0. The summed E-state index contributed by atoms with van der Waals surface area (Å²) in [4.78, 5) is 24.0. The number of rotatable bonds is 3. The molecular weight excluding hydrogens is 308 g/mol. The van der Waals surface area contributed by atoms with Crippen LogP contribution in [0.15, 0.2) is 27.4 Å². The fourth-order valence-corrected chi connectivity index (χ4v) is 2.69. The second-order valence-electron chi connectivity index (χ2n) is 5.87. The number of nitrogens with zero attached hydrogens (tertiary/aromatic N) is 2. The normalized spacial score (nSPS) is 17.2. The fraction of sp³-hybridized carbons (Fsp3) is 0.467. The van der Waals surface area contributed by atoms with Crippen LogP contribution in [0.2, 0.25) is 0 Å². The van der Waals surface area contributed by atoms with Crippen molar-refractivity contribution in [2.75, 3.05) is 39.9 Å². The first-order valence-corrected chi connectivity index (χ1v) is 7.03. The van der Waals surface area contributed by atoms with Crippen molar-refractivity contribution < 1.29 is 30.8 Å². The van der Waals surface area contributed by atoms with Crippen molar-refractivity contribution in [2.45, 2.75) is 0 Å². The van der Waals surface area contributed by atoms with Gasteiger partial charge in [-0.25, -0.2) is 4.79 Å². The quantitative estimate of drug-likeness (QED) is 0.474. The highest BCUT2D eigenvalue weighted by Crippen LogP contribution is 2.16. The zero-order valence-corrected chi connectivity index (χ0v) is 13.4. The van der Waals surface area contributed by atoms with Gasteiger partial charge in [0.05, 0.1) is 25.8 Å². The Hall–Kier alpha value is -1.63. The van der Waals surface area contributed by atoms with Gasteiger partial charge >= 0.3 is 5.76 Å². The molecule has 2 aromatic rings. The van der Waals surface area contributed by atoms with Crippen LogP contribution in [0.1, 0.15) is 10.4 Å². The third-order valence-corrected chi connectivity index (χ3v) is 4.19. The number of carbonyl (C=O) groups is 1. The van der Waals surface area contributed by atoms with Crippen LogP contribution >= 0.6 is 0 Å². The molecule has 6 nitrogen and oxygen atoms in total. The van der Waals surface area contributed by atoms with Crippen LogP contribution in [0.4, 0.5) is 0 Å². The molecule has 22 heavy (non-hydrogen) atoms. The number of aromatic nitrogens is 1. The summed E-state index contributed by atoms with van der Waals surface area (Å²) in [5, 5.41) is 0. The highest BCUT2D eigenvalue weighted by molar-refractivity contribution is 5.99. The van der Waals surface area contributed by atoms with Crippen molar-refractivity contribution in [3.05, 3.63) is 34.3 Å².